The third-order valence-electron chi connectivity index (χ3n) is 7.55. The minimum atomic E-state index is -0.656. The Hall–Kier alpha value is -1.28. The Balaban J connectivity index is 0.00000324. The first kappa shape index (κ1) is 27.3. The van der Waals surface area contributed by atoms with Crippen LogP contribution in [0.15, 0.2) is 30.3 Å². The first-order valence-electron chi connectivity index (χ1n) is 12.9. The van der Waals surface area contributed by atoms with Crippen molar-refractivity contribution in [3.8, 4) is 0 Å². The number of Topliss-reactive ketones (excluding diaryl/α,β-unsaturated/α-hetero) is 1. The molecule has 7 heteroatoms. The number of nitrogens with zero attached hydrogens (tertiary/aromatic N) is 1. The minimum absolute atomic E-state index is 0. The van der Waals surface area contributed by atoms with E-state index in [-0.39, 0.29) is 60.0 Å². The summed E-state index contributed by atoms with van der Waals surface area (Å²) in [5.74, 6) is -0.706. The lowest BCUT2D eigenvalue weighted by Gasteiger charge is -2.40. The fourth-order valence-electron chi connectivity index (χ4n) is 5.69. The number of ketones is 1. The second-order valence-corrected chi connectivity index (χ2v) is 9.96. The molecule has 3 aliphatic heterocycles. The van der Waals surface area contributed by atoms with Gasteiger partial charge in [0, 0.05) is 31.3 Å². The smallest absolute Gasteiger partial charge is 0.316 e. The maximum atomic E-state index is 12.8. The Bertz CT molecular complexity index is 772. The van der Waals surface area contributed by atoms with E-state index in [1.807, 2.05) is 30.3 Å². The van der Waals surface area contributed by atoms with Gasteiger partial charge in [-0.1, -0.05) is 75.8 Å². The Morgan fingerprint density at radius 1 is 1.03 bits per heavy atom. The molecule has 1 aromatic carbocycles. The van der Waals surface area contributed by atoms with Gasteiger partial charge in [0.1, 0.15) is 30.0 Å². The fourth-order valence-corrected chi connectivity index (χ4v) is 5.69. The molecule has 1 aromatic rings. The van der Waals surface area contributed by atoms with Crippen molar-refractivity contribution in [2.45, 2.75) is 107 Å². The first-order valence-corrected chi connectivity index (χ1v) is 12.9. The highest BCUT2D eigenvalue weighted by atomic mass is 79.9. The summed E-state index contributed by atoms with van der Waals surface area (Å²) in [6.45, 7) is 2.45. The predicted octanol–water partition coefficient (Wildman–Crippen LogP) is 4.58. The molecule has 0 aromatic heterocycles. The van der Waals surface area contributed by atoms with E-state index >= 15 is 0 Å². The lowest BCUT2D eigenvalue weighted by atomic mass is 9.96. The molecule has 0 spiro atoms. The van der Waals surface area contributed by atoms with Crippen LogP contribution in [0.2, 0.25) is 0 Å². The summed E-state index contributed by atoms with van der Waals surface area (Å²) in [7, 11) is 0. The van der Waals surface area contributed by atoms with Gasteiger partial charge in [-0.2, -0.15) is 0 Å². The van der Waals surface area contributed by atoms with Crippen molar-refractivity contribution in [1.29, 1.82) is 0 Å². The molecule has 0 aliphatic carbocycles. The maximum absolute atomic E-state index is 12.8. The number of piperidine rings is 1. The topological polar surface area (TPSA) is 79.4 Å². The van der Waals surface area contributed by atoms with Crippen LogP contribution in [0.4, 0.5) is 0 Å². The number of fused-ring (bicyclic) bond motifs is 5. The monoisotopic (exact) mass is 537 g/mol. The van der Waals surface area contributed by atoms with E-state index in [2.05, 4.69) is 11.8 Å². The summed E-state index contributed by atoms with van der Waals surface area (Å²) >= 11 is 0. The molecule has 1 N–H and O–H groups in total. The lowest BCUT2D eigenvalue weighted by Crippen LogP contribution is -2.52. The van der Waals surface area contributed by atoms with Gasteiger partial charge < -0.3 is 14.6 Å². The second-order valence-electron chi connectivity index (χ2n) is 9.96. The summed E-state index contributed by atoms with van der Waals surface area (Å²) in [5, 5.41) is 9.76. The first-order chi connectivity index (χ1) is 16.1. The maximum Gasteiger partial charge on any atom is 0.316 e. The summed E-state index contributed by atoms with van der Waals surface area (Å²) in [6, 6.07) is 9.58. The van der Waals surface area contributed by atoms with Crippen LogP contribution >= 0.6 is 17.0 Å². The molecule has 3 aliphatic rings. The molecular weight excluding hydrogens is 498 g/mol. The van der Waals surface area contributed by atoms with Gasteiger partial charge in [0.05, 0.1) is 13.2 Å². The highest BCUT2D eigenvalue weighted by molar-refractivity contribution is 8.93. The highest BCUT2D eigenvalue weighted by Gasteiger charge is 2.64. The van der Waals surface area contributed by atoms with Crippen LogP contribution in [0.3, 0.4) is 0 Å². The molecule has 34 heavy (non-hydrogen) atoms. The number of esters is 1. The molecule has 4 rings (SSSR count). The molecule has 6 nitrogen and oxygen atoms in total. The number of morpholine rings is 1. The minimum Gasteiger partial charge on any atom is -0.462 e. The highest BCUT2D eigenvalue weighted by Crippen LogP contribution is 2.49. The van der Waals surface area contributed by atoms with E-state index in [0.29, 0.717) is 31.6 Å². The molecule has 0 radical (unpaired) electrons. The van der Waals surface area contributed by atoms with Crippen LogP contribution in [-0.2, 0) is 19.1 Å². The molecule has 190 valence electrons. The van der Waals surface area contributed by atoms with E-state index in [1.54, 1.807) is 0 Å². The van der Waals surface area contributed by atoms with Crippen molar-refractivity contribution < 1.29 is 24.2 Å². The molecule has 3 saturated heterocycles. The SMILES string of the molecule is Br.CCCCCCCCCC(=O)CN1C2CC(OC(=O)C(CO)c3ccccc3)CC1C1OC12. The van der Waals surface area contributed by atoms with Crippen LogP contribution in [-0.4, -0.2) is 65.3 Å². The molecular formula is C27H40BrNO5. The largest absolute Gasteiger partial charge is 0.462 e. The van der Waals surface area contributed by atoms with Gasteiger partial charge in [-0.05, 0) is 12.0 Å². The second kappa shape index (κ2) is 13.1. The van der Waals surface area contributed by atoms with E-state index < -0.39 is 5.92 Å². The molecule has 2 bridgehead atoms. The van der Waals surface area contributed by atoms with E-state index in [0.717, 1.165) is 18.4 Å². The molecule has 5 atom stereocenters. The van der Waals surface area contributed by atoms with Gasteiger partial charge in [0.2, 0.25) is 0 Å². The number of unbranched alkanes of at least 4 members (excludes halogenated alkanes) is 6. The number of carbonyl (C=O) groups is 2. The van der Waals surface area contributed by atoms with Crippen molar-refractivity contribution in [3.05, 3.63) is 35.9 Å². The van der Waals surface area contributed by atoms with Gasteiger partial charge in [-0.3, -0.25) is 14.5 Å². The van der Waals surface area contributed by atoms with Crippen LogP contribution in [0.1, 0.15) is 82.6 Å². The number of epoxide rings is 1. The molecule has 3 heterocycles. The van der Waals surface area contributed by atoms with Gasteiger partial charge in [-0.25, -0.2) is 0 Å². The van der Waals surface area contributed by atoms with Crippen LogP contribution in [0.25, 0.3) is 0 Å². The standard InChI is InChI=1S/C27H39NO5.BrH/c1-2-3-4-5-6-7-11-14-20(30)17-28-23-15-21(16-24(28)26-25(23)33-26)32-27(31)22(18-29)19-12-9-8-10-13-19;/h8-10,12-13,21-26,29H,2-7,11,14-18H2,1H3;1H. The molecule has 0 saturated carbocycles. The van der Waals surface area contributed by atoms with Gasteiger partial charge in [0.25, 0.3) is 0 Å². The summed E-state index contributed by atoms with van der Waals surface area (Å²) in [4.78, 5) is 27.7. The Morgan fingerprint density at radius 3 is 2.26 bits per heavy atom. The zero-order chi connectivity index (χ0) is 23.2. The Kier molecular flexibility index (Phi) is 10.6. The molecule has 3 fully saturated rings. The normalized spacial score (nSPS) is 28.0. The van der Waals surface area contributed by atoms with Crippen molar-refractivity contribution in [3.63, 3.8) is 0 Å². The number of aliphatic hydroxyl groups excluding tert-OH is 1. The quantitative estimate of drug-likeness (QED) is 0.212. The summed E-state index contributed by atoms with van der Waals surface area (Å²) in [6.07, 6.45) is 10.7. The van der Waals surface area contributed by atoms with Crippen molar-refractivity contribution in [1.82, 2.24) is 4.90 Å². The van der Waals surface area contributed by atoms with Gasteiger partial charge in [0.15, 0.2) is 0 Å². The molecule has 5 unspecified atom stereocenters. The number of carbonyl (C=O) groups excluding carboxylic acids is 2. The number of halogens is 1. The summed E-state index contributed by atoms with van der Waals surface area (Å²) < 4.78 is 11.7. The number of rotatable bonds is 14. The number of ether oxygens (including phenoxy) is 2. The zero-order valence-electron chi connectivity index (χ0n) is 20.3. The average molecular weight is 539 g/mol. The van der Waals surface area contributed by atoms with Crippen molar-refractivity contribution >= 4 is 28.7 Å². The lowest BCUT2D eigenvalue weighted by molar-refractivity contribution is -0.157. The van der Waals surface area contributed by atoms with E-state index in [9.17, 15) is 14.7 Å². The zero-order valence-corrected chi connectivity index (χ0v) is 22.0. The van der Waals surface area contributed by atoms with Gasteiger partial charge >= 0.3 is 5.97 Å². The van der Waals surface area contributed by atoms with Gasteiger partial charge in [-0.15, -0.1) is 17.0 Å². The average Bonchev–Trinajstić information content (AvgIpc) is 3.58. The van der Waals surface area contributed by atoms with E-state index in [1.165, 1.54) is 32.1 Å². The predicted molar refractivity (Wildman–Crippen MR) is 136 cm³/mol. The number of benzene rings is 1. The van der Waals surface area contributed by atoms with Crippen LogP contribution < -0.4 is 0 Å². The van der Waals surface area contributed by atoms with Crippen LogP contribution in [0, 0.1) is 0 Å². The van der Waals surface area contributed by atoms with Crippen LogP contribution in [0.5, 0.6) is 0 Å². The summed E-state index contributed by atoms with van der Waals surface area (Å²) in [5.41, 5.74) is 0.771. The number of aliphatic hydroxyl groups is 1. The fraction of sp³-hybridized carbons (Fsp3) is 0.704. The number of hydrogen-bond donors (Lipinski definition) is 1. The van der Waals surface area contributed by atoms with Crippen molar-refractivity contribution in [2.24, 2.45) is 0 Å². The Labute approximate surface area is 214 Å². The molecule has 0 amide bonds. The third kappa shape index (κ3) is 6.68. The van der Waals surface area contributed by atoms with Crippen molar-refractivity contribution in [2.75, 3.05) is 13.2 Å². The number of hydrogen-bond acceptors (Lipinski definition) is 6. The third-order valence-corrected chi connectivity index (χ3v) is 7.55. The van der Waals surface area contributed by atoms with E-state index in [4.69, 9.17) is 9.47 Å². The Morgan fingerprint density at radius 2 is 1.65 bits per heavy atom.